The van der Waals surface area contributed by atoms with Gasteiger partial charge in [0, 0.05) is 73.0 Å². The lowest BCUT2D eigenvalue weighted by molar-refractivity contribution is 0.669. The Morgan fingerprint density at radius 3 is 1.07 bits per heavy atom. The molecule has 0 saturated heterocycles. The van der Waals surface area contributed by atoms with Crippen molar-refractivity contribution in [2.24, 2.45) is 0 Å². The summed E-state index contributed by atoms with van der Waals surface area (Å²) in [5, 5.41) is 9.66. The summed E-state index contributed by atoms with van der Waals surface area (Å²) in [5.41, 5.74) is 9.80. The Morgan fingerprint density at radius 1 is 0.217 bits per heavy atom. The van der Waals surface area contributed by atoms with Gasteiger partial charge in [0.25, 0.3) is 0 Å². The molecule has 0 N–H and O–H groups in total. The first-order valence-corrected chi connectivity index (χ1v) is 31.7. The predicted molar refractivity (Wildman–Crippen MR) is 396 cm³/mol. The first-order valence-electron chi connectivity index (χ1n) is 38.0. The number of hydrogen-bond acceptors (Lipinski definition) is 4. The fraction of sp³-hybridized carbons (Fsp3) is 0. The summed E-state index contributed by atoms with van der Waals surface area (Å²) in [6, 6.07) is 65.0. The Bertz CT molecular complexity index is 7220. The molecule has 0 radical (unpaired) electrons. The molecule has 0 amide bonds. The highest BCUT2D eigenvalue weighted by Crippen LogP contribution is 2.49. The van der Waals surface area contributed by atoms with Gasteiger partial charge in [-0.3, -0.25) is 0 Å². The van der Waals surface area contributed by atoms with Crippen molar-refractivity contribution in [2.75, 3.05) is 0 Å². The summed E-state index contributed by atoms with van der Waals surface area (Å²) in [6.45, 7) is 0. The van der Waals surface area contributed by atoms with Gasteiger partial charge in [0.2, 0.25) is 0 Å². The fourth-order valence-electron chi connectivity index (χ4n) is 13.7. The van der Waals surface area contributed by atoms with Crippen LogP contribution in [0.15, 0.2) is 324 Å². The second-order valence-corrected chi connectivity index (χ2v) is 25.0. The zero-order valence-electron chi connectivity index (χ0n) is 64.4. The van der Waals surface area contributed by atoms with Gasteiger partial charge in [-0.15, -0.1) is 22.7 Å². The number of benzene rings is 16. The maximum atomic E-state index is 9.33. The largest absolute Gasteiger partial charge is 0.456 e. The van der Waals surface area contributed by atoms with E-state index in [1.54, 1.807) is 28.7 Å². The number of furan rings is 2. The van der Waals surface area contributed by atoms with Gasteiger partial charge >= 0.3 is 0 Å². The van der Waals surface area contributed by atoms with E-state index in [1.807, 2.05) is 170 Å². The third kappa shape index (κ3) is 8.38. The molecule has 20 rings (SSSR count). The van der Waals surface area contributed by atoms with Crippen molar-refractivity contribution in [3.05, 3.63) is 315 Å². The summed E-state index contributed by atoms with van der Waals surface area (Å²) in [5.74, 6) is 0. The highest BCUT2D eigenvalue weighted by atomic mass is 32.1. The zero-order chi connectivity index (χ0) is 74.3. The molecule has 0 atom stereocenters. The zero-order valence-corrected chi connectivity index (χ0v) is 50.1. The van der Waals surface area contributed by atoms with E-state index in [2.05, 4.69) is 42.5 Å². The average molecular weight is 1220 g/mol. The Morgan fingerprint density at radius 2 is 0.554 bits per heavy atom. The van der Waals surface area contributed by atoms with Gasteiger partial charge in [-0.25, -0.2) is 0 Å². The maximum Gasteiger partial charge on any atom is 0.143 e. The summed E-state index contributed by atoms with van der Waals surface area (Å²) < 4.78 is 162. The highest BCUT2D eigenvalue weighted by Gasteiger charge is 2.22. The molecule has 92 heavy (non-hydrogen) atoms. The van der Waals surface area contributed by atoms with Crippen LogP contribution in [-0.4, -0.2) is 0 Å². The smallest absolute Gasteiger partial charge is 0.143 e. The normalized spacial score (nSPS) is 14.3. The third-order valence-corrected chi connectivity index (χ3v) is 20.1. The minimum atomic E-state index is -0.441. The number of thiophene rings is 2. The first-order chi connectivity index (χ1) is 52.3. The topological polar surface area (TPSA) is 26.3 Å². The monoisotopic (exact) mass is 1220 g/mol. The van der Waals surface area contributed by atoms with Gasteiger partial charge in [-0.2, -0.15) is 0 Å². The highest BCUT2D eigenvalue weighted by molar-refractivity contribution is 7.26. The molecular weight excluding hydrogens is 1150 g/mol. The molecule has 20 aromatic rings. The van der Waals surface area contributed by atoms with Crippen LogP contribution in [-0.2, 0) is 0 Å². The molecule has 2 nitrogen and oxygen atoms in total. The van der Waals surface area contributed by atoms with Gasteiger partial charge in [-0.1, -0.05) is 267 Å². The SMILES string of the molecule is [2H]c1c([2H])c([2H])c2c(-c3ccc4c(c3)sc3ccccc34)c3c([2H])c([2H])c([2H])c([2H])c3c(-c3ccc(-c4ccc5c(c4)oc4ccccc45)cc3)c2c1[2H].[2H]c1c([2H])c([2H])c2c(-c3cccc4c3oc3ccccc34)c3c([2H])c([2H])c([2H])c([2H])c3c(-c3ccc(-c4ccc5c(c4)sc4ccccc45)cc3)c2c1[2H]. The molecule has 0 bridgehead atoms. The minimum absolute atomic E-state index is 0.153. The van der Waals surface area contributed by atoms with Crippen LogP contribution in [0.5, 0.6) is 0 Å². The molecule has 0 spiro atoms. The molecule has 0 unspecified atom stereocenters. The standard InChI is InChI=1S/2C44H26OS/c1-3-14-35-33(12-1)42(28-22-20-27(21-23-28)29-24-25-32-31-11-6-8-19-40(31)46-41(32)26-29)34-13-2-4-15-36(34)43(35)38-17-9-16-37-30-10-5-7-18-39(30)45-44(37)38;1-3-13-37-35(11-1)43(28-19-17-27(18-20-28)29-21-23-32-31-9-5-7-15-39(31)45-40(32)25-29)36-12-2-4-14-38(36)44(37)30-22-24-34-33-10-6-8-16-41(33)46-42(34)26-30/h2*1-26H/i1D,2D,3D,4D,12D,13D,14D,15D;1D,2D,3D,4D,11D,12D,13D,14D. The molecule has 0 aliphatic rings. The molecule has 0 saturated carbocycles. The van der Waals surface area contributed by atoms with Crippen LogP contribution < -0.4 is 0 Å². The van der Waals surface area contributed by atoms with Gasteiger partial charge in [0.15, 0.2) is 0 Å². The van der Waals surface area contributed by atoms with Gasteiger partial charge in [0.1, 0.15) is 22.3 Å². The summed E-state index contributed by atoms with van der Waals surface area (Å²) in [7, 11) is 0. The van der Waals surface area contributed by atoms with Gasteiger partial charge in [0.05, 0.1) is 21.9 Å². The first kappa shape index (κ1) is 38.9. The molecule has 4 heterocycles. The molecule has 428 valence electrons. The van der Waals surface area contributed by atoms with Crippen molar-refractivity contribution in [1.82, 2.24) is 0 Å². The van der Waals surface area contributed by atoms with E-state index in [-0.39, 0.29) is 97.0 Å². The third-order valence-electron chi connectivity index (χ3n) is 17.9. The maximum absolute atomic E-state index is 9.33. The van der Waals surface area contributed by atoms with Crippen LogP contribution in [0.25, 0.3) is 194 Å². The average Bonchev–Trinajstić information content (AvgIpc) is 0.757. The van der Waals surface area contributed by atoms with E-state index in [1.165, 1.54) is 15.5 Å². The molecule has 0 aliphatic heterocycles. The molecule has 16 aromatic carbocycles. The minimum Gasteiger partial charge on any atom is -0.456 e. The van der Waals surface area contributed by atoms with Crippen molar-refractivity contribution in [3.8, 4) is 66.8 Å². The molecule has 4 aromatic heterocycles. The van der Waals surface area contributed by atoms with Crippen molar-refractivity contribution in [2.45, 2.75) is 0 Å². The fourth-order valence-corrected chi connectivity index (χ4v) is 16.0. The molecule has 0 aliphatic carbocycles. The summed E-state index contributed by atoms with van der Waals surface area (Å²) in [6.07, 6.45) is 0. The molecule has 4 heteroatoms. The number of fused-ring (bicyclic) bond motifs is 16. The number of para-hydroxylation sites is 3. The lowest BCUT2D eigenvalue weighted by Gasteiger charge is -2.18. The van der Waals surface area contributed by atoms with E-state index in [0.717, 1.165) is 79.8 Å². The molecular formula is C88H52O2S2. The second-order valence-electron chi connectivity index (χ2n) is 22.9. The summed E-state index contributed by atoms with van der Waals surface area (Å²) >= 11 is 3.34. The molecule has 0 fully saturated rings. The van der Waals surface area contributed by atoms with Crippen molar-refractivity contribution >= 4 is 150 Å². The van der Waals surface area contributed by atoms with Crippen LogP contribution in [0.2, 0.25) is 0 Å². The lowest BCUT2D eigenvalue weighted by Crippen LogP contribution is -1.91. The van der Waals surface area contributed by atoms with E-state index >= 15 is 0 Å². The predicted octanol–water partition coefficient (Wildman–Crippen LogP) is 26.5. The quantitative estimate of drug-likeness (QED) is 0.155. The Hall–Kier alpha value is -11.4. The van der Waals surface area contributed by atoms with Gasteiger partial charge < -0.3 is 8.83 Å². The van der Waals surface area contributed by atoms with Crippen LogP contribution in [0.3, 0.4) is 0 Å². The van der Waals surface area contributed by atoms with Gasteiger partial charge in [-0.05, 0) is 147 Å². The van der Waals surface area contributed by atoms with Crippen molar-refractivity contribution in [1.29, 1.82) is 0 Å². The van der Waals surface area contributed by atoms with E-state index in [4.69, 9.17) is 19.8 Å². The number of hydrogen-bond donors (Lipinski definition) is 0. The Kier molecular flexibility index (Phi) is 8.93. The lowest BCUT2D eigenvalue weighted by atomic mass is 9.85. The van der Waals surface area contributed by atoms with E-state index in [9.17, 15) is 11.0 Å². The van der Waals surface area contributed by atoms with Crippen LogP contribution >= 0.6 is 22.7 Å². The van der Waals surface area contributed by atoms with E-state index in [0.29, 0.717) is 50.1 Å². The second kappa shape index (κ2) is 21.1. The van der Waals surface area contributed by atoms with Crippen LogP contribution in [0, 0.1) is 0 Å². The van der Waals surface area contributed by atoms with Crippen molar-refractivity contribution in [3.63, 3.8) is 0 Å². The van der Waals surface area contributed by atoms with Crippen LogP contribution in [0.4, 0.5) is 0 Å². The Balaban J connectivity index is 0.000000147. The van der Waals surface area contributed by atoms with E-state index < -0.39 is 48.3 Å². The Labute approximate surface area is 559 Å². The van der Waals surface area contributed by atoms with Crippen LogP contribution in [0.1, 0.15) is 21.9 Å². The summed E-state index contributed by atoms with van der Waals surface area (Å²) in [4.78, 5) is 0. The number of rotatable bonds is 6. The van der Waals surface area contributed by atoms with Crippen molar-refractivity contribution < 1.29 is 30.8 Å².